The molecule has 4 amide bonds. The van der Waals surface area contributed by atoms with E-state index in [1.807, 2.05) is 24.3 Å². The van der Waals surface area contributed by atoms with Crippen LogP contribution in [0.5, 0.6) is 11.5 Å². The fourth-order valence-electron chi connectivity index (χ4n) is 8.03. The van der Waals surface area contributed by atoms with Crippen LogP contribution in [0.4, 0.5) is 4.79 Å². The second-order valence-electron chi connectivity index (χ2n) is 18.9. The third kappa shape index (κ3) is 17.1. The van der Waals surface area contributed by atoms with Crippen LogP contribution in [0.3, 0.4) is 0 Å². The van der Waals surface area contributed by atoms with E-state index in [1.165, 1.54) is 24.0 Å². The Hall–Kier alpha value is -6.54. The number of likely N-dealkylation sites (N-methyl/N-ethyl adjacent to an activating group) is 1. The minimum Gasteiger partial charge on any atom is -0.497 e. The monoisotopic (exact) mass is 980 g/mol. The zero-order chi connectivity index (χ0) is 51.7. The maximum absolute atomic E-state index is 14.8. The summed E-state index contributed by atoms with van der Waals surface area (Å²) in [5, 5.41) is 6.21. The fourth-order valence-corrected chi connectivity index (χ4v) is 8.15. The standard InChI is InChI=1S/C55H69ClN4O10/c1-35(51(64)58-46(33-37-14-26-44(68-9)27-15-37)48(62)32-36(2)52(65)59(6)7)31-49(63)50(41-22-28-45(69-10)29-23-41)60(8)53(66)42(13-11-12-30-57-54(67)70-55(3,4)5)34-47(61)40-18-16-38(17-19-40)39-20-24-43(56)25-21-39/h14-29,35-36,42,46,50H,11-13,30-34H2,1-10H3,(H,57,67)(H,58,64)/t35-,36-,42-,46+,50+/m1/s1. The van der Waals surface area contributed by atoms with Crippen molar-refractivity contribution in [2.24, 2.45) is 17.8 Å². The Kier molecular flexibility index (Phi) is 21.2. The number of unbranched alkanes of at least 4 members (excludes halogenated alkanes) is 1. The number of methoxy groups -OCH3 is 2. The predicted molar refractivity (Wildman–Crippen MR) is 271 cm³/mol. The molecule has 0 saturated carbocycles. The van der Waals surface area contributed by atoms with Crippen LogP contribution in [0.15, 0.2) is 97.1 Å². The van der Waals surface area contributed by atoms with Crippen molar-refractivity contribution in [3.8, 4) is 22.6 Å². The van der Waals surface area contributed by atoms with Crippen molar-refractivity contribution in [1.82, 2.24) is 20.4 Å². The summed E-state index contributed by atoms with van der Waals surface area (Å²) in [6.45, 7) is 8.83. The molecule has 5 atom stereocenters. The van der Waals surface area contributed by atoms with Crippen LogP contribution in [0.1, 0.15) is 101 Å². The van der Waals surface area contributed by atoms with E-state index in [9.17, 15) is 33.6 Å². The van der Waals surface area contributed by atoms with Gasteiger partial charge in [0, 0.05) is 75.3 Å². The minimum atomic E-state index is -1.17. The number of carbonyl (C=O) groups is 7. The van der Waals surface area contributed by atoms with Gasteiger partial charge in [-0.2, -0.15) is 0 Å². The highest BCUT2D eigenvalue weighted by molar-refractivity contribution is 6.30. The second-order valence-corrected chi connectivity index (χ2v) is 19.4. The van der Waals surface area contributed by atoms with E-state index in [1.54, 1.807) is 129 Å². The molecular formula is C55H69ClN4O10. The van der Waals surface area contributed by atoms with Crippen molar-refractivity contribution < 1.29 is 47.8 Å². The summed E-state index contributed by atoms with van der Waals surface area (Å²) in [5.41, 5.74) is 2.75. The smallest absolute Gasteiger partial charge is 0.407 e. The lowest BCUT2D eigenvalue weighted by molar-refractivity contribution is -0.142. The highest BCUT2D eigenvalue weighted by atomic mass is 35.5. The molecule has 70 heavy (non-hydrogen) atoms. The average molecular weight is 982 g/mol. The normalized spacial score (nSPS) is 13.4. The van der Waals surface area contributed by atoms with Crippen LogP contribution >= 0.6 is 11.6 Å². The van der Waals surface area contributed by atoms with Gasteiger partial charge in [0.05, 0.1) is 20.3 Å². The minimum absolute atomic E-state index is 0.115. The van der Waals surface area contributed by atoms with Gasteiger partial charge in [-0.3, -0.25) is 28.8 Å². The van der Waals surface area contributed by atoms with E-state index in [4.69, 9.17) is 25.8 Å². The molecule has 0 fully saturated rings. The van der Waals surface area contributed by atoms with Crippen LogP contribution in [-0.4, -0.2) is 105 Å². The molecule has 15 heteroatoms. The first-order chi connectivity index (χ1) is 33.1. The van der Waals surface area contributed by atoms with Gasteiger partial charge in [-0.1, -0.05) is 92.5 Å². The number of Topliss-reactive ketones (excluding diaryl/α,β-unsaturated/α-hetero) is 3. The lowest BCUT2D eigenvalue weighted by Gasteiger charge is -2.32. The molecule has 0 bridgehead atoms. The second kappa shape index (κ2) is 26.4. The predicted octanol–water partition coefficient (Wildman–Crippen LogP) is 9.11. The average Bonchev–Trinajstić information content (AvgIpc) is 3.32. The molecule has 0 aliphatic rings. The summed E-state index contributed by atoms with van der Waals surface area (Å²) in [4.78, 5) is 99.2. The summed E-state index contributed by atoms with van der Waals surface area (Å²) in [6, 6.07) is 26.1. The molecule has 0 aliphatic heterocycles. The number of ether oxygens (including phenoxy) is 3. The molecule has 0 aliphatic carbocycles. The fraction of sp³-hybridized carbons (Fsp3) is 0.436. The molecule has 4 aromatic rings. The molecule has 0 radical (unpaired) electrons. The Morgan fingerprint density at radius 3 is 1.74 bits per heavy atom. The number of hydrogen-bond acceptors (Lipinski definition) is 10. The van der Waals surface area contributed by atoms with E-state index in [2.05, 4.69) is 10.6 Å². The Bertz CT molecular complexity index is 2400. The SMILES string of the molecule is COc1ccc(C[C@H](NC(=O)[C@H](C)CC(=O)[C@H](c2ccc(OC)cc2)N(C)C(=O)[C@H](CCCCNC(=O)OC(C)(C)C)CC(=O)c2ccc(-c3ccc(Cl)cc3)cc2)C(=O)C[C@@H](C)C(=O)N(C)C)cc1. The van der Waals surface area contributed by atoms with E-state index in [0.717, 1.165) is 16.7 Å². The van der Waals surface area contributed by atoms with Gasteiger partial charge in [-0.15, -0.1) is 0 Å². The number of nitrogens with zero attached hydrogens (tertiary/aromatic N) is 2. The number of alkyl carbamates (subject to hydrolysis) is 1. The number of ketones is 3. The summed E-state index contributed by atoms with van der Waals surface area (Å²) < 4.78 is 16.0. The molecule has 4 aromatic carbocycles. The van der Waals surface area contributed by atoms with Gasteiger partial charge in [0.1, 0.15) is 23.1 Å². The first-order valence-electron chi connectivity index (χ1n) is 23.6. The van der Waals surface area contributed by atoms with E-state index in [-0.39, 0.29) is 56.1 Å². The van der Waals surface area contributed by atoms with Crippen molar-refractivity contribution in [1.29, 1.82) is 0 Å². The maximum Gasteiger partial charge on any atom is 0.407 e. The van der Waals surface area contributed by atoms with Crippen LogP contribution < -0.4 is 20.1 Å². The molecule has 2 N–H and O–H groups in total. The lowest BCUT2D eigenvalue weighted by atomic mass is 9.89. The highest BCUT2D eigenvalue weighted by Crippen LogP contribution is 2.30. The molecule has 0 unspecified atom stereocenters. The summed E-state index contributed by atoms with van der Waals surface area (Å²) >= 11 is 6.09. The molecule has 0 saturated heterocycles. The largest absolute Gasteiger partial charge is 0.497 e. The van der Waals surface area contributed by atoms with Crippen molar-refractivity contribution in [3.05, 3.63) is 119 Å². The van der Waals surface area contributed by atoms with E-state index >= 15 is 0 Å². The van der Waals surface area contributed by atoms with E-state index in [0.29, 0.717) is 40.5 Å². The van der Waals surface area contributed by atoms with Crippen molar-refractivity contribution >= 4 is 52.8 Å². The summed E-state index contributed by atoms with van der Waals surface area (Å²) in [7, 11) is 7.79. The Labute approximate surface area is 417 Å². The highest BCUT2D eigenvalue weighted by Gasteiger charge is 2.36. The quantitative estimate of drug-likeness (QED) is 0.0481. The number of carbonyl (C=O) groups excluding carboxylic acids is 7. The lowest BCUT2D eigenvalue weighted by Crippen LogP contribution is -2.46. The molecule has 0 aromatic heterocycles. The molecule has 4 rings (SSSR count). The first-order valence-corrected chi connectivity index (χ1v) is 23.9. The van der Waals surface area contributed by atoms with Gasteiger partial charge in [0.25, 0.3) is 0 Å². The number of hydrogen-bond donors (Lipinski definition) is 2. The van der Waals surface area contributed by atoms with Crippen LogP contribution in [0.25, 0.3) is 11.1 Å². The molecule has 0 spiro atoms. The van der Waals surface area contributed by atoms with Gasteiger partial charge >= 0.3 is 6.09 Å². The molecule has 0 heterocycles. The van der Waals surface area contributed by atoms with Crippen LogP contribution in [-0.2, 0) is 35.1 Å². The number of halogens is 1. The zero-order valence-corrected chi connectivity index (χ0v) is 42.9. The summed E-state index contributed by atoms with van der Waals surface area (Å²) in [6.07, 6.45) is 0.192. The Morgan fingerprint density at radius 2 is 1.20 bits per heavy atom. The van der Waals surface area contributed by atoms with Crippen molar-refractivity contribution in [3.63, 3.8) is 0 Å². The topological polar surface area (TPSA) is 178 Å². The van der Waals surface area contributed by atoms with Gasteiger partial charge in [0.15, 0.2) is 17.3 Å². The number of benzene rings is 4. The van der Waals surface area contributed by atoms with Crippen LogP contribution in [0, 0.1) is 17.8 Å². The van der Waals surface area contributed by atoms with Gasteiger partial charge in [-0.05, 0) is 98.7 Å². The number of nitrogens with one attached hydrogen (secondary N) is 2. The van der Waals surface area contributed by atoms with Crippen molar-refractivity contribution in [2.45, 2.75) is 97.2 Å². The third-order valence-electron chi connectivity index (χ3n) is 11.9. The van der Waals surface area contributed by atoms with E-state index < -0.39 is 59.1 Å². The zero-order valence-electron chi connectivity index (χ0n) is 42.1. The third-order valence-corrected chi connectivity index (χ3v) is 12.2. The molecule has 376 valence electrons. The molecular weight excluding hydrogens is 912 g/mol. The summed E-state index contributed by atoms with van der Waals surface area (Å²) in [5.74, 6) is -3.60. The van der Waals surface area contributed by atoms with Crippen LogP contribution in [0.2, 0.25) is 5.02 Å². The number of amides is 4. The number of rotatable bonds is 25. The van der Waals surface area contributed by atoms with Gasteiger partial charge < -0.3 is 34.6 Å². The maximum atomic E-state index is 14.8. The van der Waals surface area contributed by atoms with Gasteiger partial charge in [-0.25, -0.2) is 4.79 Å². The molecule has 14 nitrogen and oxygen atoms in total. The van der Waals surface area contributed by atoms with Gasteiger partial charge in [0.2, 0.25) is 17.7 Å². The first kappa shape index (κ1) is 56.1. The Balaban J connectivity index is 1.59. The van der Waals surface area contributed by atoms with Crippen molar-refractivity contribution in [2.75, 3.05) is 41.9 Å². The Morgan fingerprint density at radius 1 is 0.657 bits per heavy atom.